The van der Waals surface area contributed by atoms with Crippen LogP contribution in [-0.2, 0) is 13.5 Å². The van der Waals surface area contributed by atoms with Crippen molar-refractivity contribution in [2.45, 2.75) is 6.42 Å². The fraction of sp³-hybridized carbons (Fsp3) is 0.118. The maximum Gasteiger partial charge on any atom is 0.169 e. The van der Waals surface area contributed by atoms with Crippen LogP contribution < -0.4 is 0 Å². The number of benzene rings is 2. The fourth-order valence-corrected chi connectivity index (χ4v) is 2.52. The normalized spacial score (nSPS) is 11.0. The van der Waals surface area contributed by atoms with Gasteiger partial charge in [0.15, 0.2) is 5.78 Å². The van der Waals surface area contributed by atoms with Gasteiger partial charge in [-0.25, -0.2) is 8.78 Å². The summed E-state index contributed by atoms with van der Waals surface area (Å²) in [6.45, 7) is 0. The quantitative estimate of drug-likeness (QED) is 0.669. The summed E-state index contributed by atoms with van der Waals surface area (Å²) in [6.07, 6.45) is 1.41. The summed E-state index contributed by atoms with van der Waals surface area (Å²) in [5, 5.41) is 0.793. The summed E-state index contributed by atoms with van der Waals surface area (Å²) in [5.41, 5.74) is 1.21. The number of carbonyl (C=O) groups excluding carboxylic acids is 1. The summed E-state index contributed by atoms with van der Waals surface area (Å²) in [5.74, 6) is -1.68. The molecule has 1 heterocycles. The van der Waals surface area contributed by atoms with Crippen molar-refractivity contribution >= 4 is 16.7 Å². The van der Waals surface area contributed by atoms with Crippen molar-refractivity contribution in [2.75, 3.05) is 0 Å². The van der Waals surface area contributed by atoms with Crippen LogP contribution in [0.4, 0.5) is 8.78 Å². The Morgan fingerprint density at radius 1 is 1.05 bits per heavy atom. The van der Waals surface area contributed by atoms with E-state index in [0.717, 1.165) is 23.0 Å². The van der Waals surface area contributed by atoms with Gasteiger partial charge in [0.1, 0.15) is 11.6 Å². The maximum atomic E-state index is 13.6. The number of fused-ring (bicyclic) bond motifs is 1. The van der Waals surface area contributed by atoms with Crippen LogP contribution in [0.1, 0.15) is 15.9 Å². The molecule has 3 rings (SSSR count). The molecular formula is C17H13F2NO. The highest BCUT2D eigenvalue weighted by molar-refractivity contribution is 6.08. The van der Waals surface area contributed by atoms with Gasteiger partial charge in [-0.15, -0.1) is 0 Å². The number of para-hydroxylation sites is 1. The van der Waals surface area contributed by atoms with Gasteiger partial charge in [-0.1, -0.05) is 24.3 Å². The Morgan fingerprint density at radius 3 is 2.43 bits per heavy atom. The molecule has 0 saturated heterocycles. The Morgan fingerprint density at radius 2 is 1.71 bits per heavy atom. The predicted molar refractivity (Wildman–Crippen MR) is 77.3 cm³/mol. The van der Waals surface area contributed by atoms with E-state index in [1.807, 2.05) is 35.9 Å². The number of aromatic nitrogens is 1. The molecule has 0 spiro atoms. The molecule has 0 amide bonds. The number of hydrogen-bond acceptors (Lipinski definition) is 1. The van der Waals surface area contributed by atoms with Gasteiger partial charge in [0.05, 0.1) is 0 Å². The van der Waals surface area contributed by atoms with Crippen molar-refractivity contribution in [3.05, 3.63) is 71.4 Å². The van der Waals surface area contributed by atoms with E-state index >= 15 is 0 Å². The minimum absolute atomic E-state index is 0.185. The molecule has 2 nitrogen and oxygen atoms in total. The van der Waals surface area contributed by atoms with Crippen LogP contribution in [0.3, 0.4) is 0 Å². The van der Waals surface area contributed by atoms with Crippen LogP contribution in [0, 0.1) is 11.6 Å². The van der Waals surface area contributed by atoms with E-state index < -0.39 is 11.6 Å². The number of ketones is 1. The monoisotopic (exact) mass is 285 g/mol. The topological polar surface area (TPSA) is 22.0 Å². The molecule has 0 radical (unpaired) electrons. The molecule has 21 heavy (non-hydrogen) atoms. The number of aryl methyl sites for hydroxylation is 1. The van der Waals surface area contributed by atoms with Gasteiger partial charge >= 0.3 is 0 Å². The highest BCUT2D eigenvalue weighted by atomic mass is 19.1. The van der Waals surface area contributed by atoms with E-state index in [-0.39, 0.29) is 17.8 Å². The third-order valence-corrected chi connectivity index (χ3v) is 3.60. The molecule has 0 aliphatic carbocycles. The zero-order valence-electron chi connectivity index (χ0n) is 11.4. The lowest BCUT2D eigenvalue weighted by molar-refractivity contribution is 0.0992. The molecule has 4 heteroatoms. The molecule has 0 bridgehead atoms. The van der Waals surface area contributed by atoms with Crippen LogP contribution in [0.5, 0.6) is 0 Å². The van der Waals surface area contributed by atoms with Gasteiger partial charge in [0.2, 0.25) is 0 Å². The second kappa shape index (κ2) is 5.13. The number of hydrogen-bond donors (Lipinski definition) is 0. The highest BCUT2D eigenvalue weighted by Gasteiger charge is 2.18. The molecular weight excluding hydrogens is 272 g/mol. The molecule has 1 aromatic heterocycles. The predicted octanol–water partition coefficient (Wildman–Crippen LogP) is 3.88. The lowest BCUT2D eigenvalue weighted by Crippen LogP contribution is -2.07. The number of nitrogens with zero attached hydrogens (tertiary/aromatic N) is 1. The van der Waals surface area contributed by atoms with E-state index in [1.54, 1.807) is 6.20 Å². The molecule has 3 aromatic rings. The molecule has 0 N–H and O–H groups in total. The molecule has 0 aliphatic heterocycles. The maximum absolute atomic E-state index is 13.6. The van der Waals surface area contributed by atoms with Crippen molar-refractivity contribution in [1.82, 2.24) is 4.57 Å². The van der Waals surface area contributed by atoms with E-state index in [2.05, 4.69) is 0 Å². The van der Waals surface area contributed by atoms with Crippen molar-refractivity contribution < 1.29 is 13.6 Å². The number of rotatable bonds is 3. The van der Waals surface area contributed by atoms with Crippen molar-refractivity contribution in [3.8, 4) is 0 Å². The Hall–Kier alpha value is -2.49. The largest absolute Gasteiger partial charge is 0.350 e. The second-order valence-corrected chi connectivity index (χ2v) is 4.97. The molecule has 0 fully saturated rings. The first-order valence-corrected chi connectivity index (χ1v) is 6.58. The summed E-state index contributed by atoms with van der Waals surface area (Å²) < 4.78 is 29.1. The minimum Gasteiger partial charge on any atom is -0.350 e. The van der Waals surface area contributed by atoms with Gasteiger partial charge in [0.25, 0.3) is 0 Å². The molecule has 0 saturated carbocycles. The Labute approximate surface area is 120 Å². The highest BCUT2D eigenvalue weighted by Crippen LogP contribution is 2.23. The molecule has 106 valence electrons. The van der Waals surface area contributed by atoms with E-state index in [4.69, 9.17) is 0 Å². The molecule has 2 aromatic carbocycles. The zero-order valence-corrected chi connectivity index (χ0v) is 11.4. The Balaban J connectivity index is 2.02. The number of Topliss-reactive ketones (excluding diaryl/α,β-unsaturated/α-hetero) is 1. The van der Waals surface area contributed by atoms with Crippen LogP contribution in [0.2, 0.25) is 0 Å². The first kappa shape index (κ1) is 13.5. The third-order valence-electron chi connectivity index (χ3n) is 3.60. The van der Waals surface area contributed by atoms with Gasteiger partial charge in [-0.05, 0) is 18.2 Å². The first-order valence-electron chi connectivity index (χ1n) is 6.58. The van der Waals surface area contributed by atoms with Crippen molar-refractivity contribution in [2.24, 2.45) is 7.05 Å². The van der Waals surface area contributed by atoms with Crippen LogP contribution in [0.15, 0.2) is 48.7 Å². The van der Waals surface area contributed by atoms with Crippen LogP contribution in [-0.4, -0.2) is 10.4 Å². The Bertz CT molecular complexity index is 816. The van der Waals surface area contributed by atoms with E-state index in [0.29, 0.717) is 5.56 Å². The van der Waals surface area contributed by atoms with E-state index in [1.165, 1.54) is 6.07 Å². The molecule has 0 atom stereocenters. The zero-order chi connectivity index (χ0) is 15.0. The summed E-state index contributed by atoms with van der Waals surface area (Å²) in [6, 6.07) is 11.1. The van der Waals surface area contributed by atoms with Crippen molar-refractivity contribution in [3.63, 3.8) is 0 Å². The van der Waals surface area contributed by atoms with Crippen LogP contribution >= 0.6 is 0 Å². The average Bonchev–Trinajstić information content (AvgIpc) is 2.81. The fourth-order valence-electron chi connectivity index (χ4n) is 2.52. The molecule has 0 unspecified atom stereocenters. The first-order chi connectivity index (χ1) is 10.1. The van der Waals surface area contributed by atoms with Gasteiger partial charge in [-0.3, -0.25) is 4.79 Å². The van der Waals surface area contributed by atoms with E-state index in [9.17, 15) is 13.6 Å². The second-order valence-electron chi connectivity index (χ2n) is 4.97. The lowest BCUT2D eigenvalue weighted by atomic mass is 10.0. The summed E-state index contributed by atoms with van der Waals surface area (Å²) in [4.78, 5) is 12.4. The van der Waals surface area contributed by atoms with Gasteiger partial charge in [0, 0.05) is 41.7 Å². The SMILES string of the molecule is Cn1cc(C(=O)Cc2c(F)cccc2F)c2ccccc21. The average molecular weight is 285 g/mol. The summed E-state index contributed by atoms with van der Waals surface area (Å²) in [7, 11) is 1.84. The minimum atomic E-state index is -0.691. The van der Waals surface area contributed by atoms with Crippen molar-refractivity contribution in [1.29, 1.82) is 0 Å². The number of carbonyl (C=O) groups is 1. The lowest BCUT2D eigenvalue weighted by Gasteiger charge is -2.03. The standard InChI is InChI=1S/C17H13F2NO/c1-20-10-13(11-5-2-3-8-16(11)20)17(21)9-12-14(18)6-4-7-15(12)19/h2-8,10H,9H2,1H3. The smallest absolute Gasteiger partial charge is 0.169 e. The third kappa shape index (κ3) is 2.33. The van der Waals surface area contributed by atoms with Gasteiger partial charge < -0.3 is 4.57 Å². The Kier molecular flexibility index (Phi) is 3.29. The number of halogens is 2. The van der Waals surface area contributed by atoms with Gasteiger partial charge in [-0.2, -0.15) is 0 Å². The molecule has 0 aliphatic rings. The summed E-state index contributed by atoms with van der Waals surface area (Å²) >= 11 is 0. The van der Waals surface area contributed by atoms with Crippen LogP contribution in [0.25, 0.3) is 10.9 Å².